The van der Waals surface area contributed by atoms with Gasteiger partial charge in [-0.15, -0.1) is 0 Å². The number of nitrogens with zero attached hydrogens (tertiary/aromatic N) is 1. The Morgan fingerprint density at radius 2 is 1.92 bits per heavy atom. The Hall–Kier alpha value is -2.37. The average molecular weight is 359 g/mol. The van der Waals surface area contributed by atoms with Gasteiger partial charge in [0.05, 0.1) is 12.8 Å². The van der Waals surface area contributed by atoms with E-state index in [1.165, 1.54) is 4.90 Å². The van der Waals surface area contributed by atoms with Crippen molar-refractivity contribution in [2.24, 2.45) is 0 Å². The summed E-state index contributed by atoms with van der Waals surface area (Å²) < 4.78 is 5.13. The van der Waals surface area contributed by atoms with Crippen LogP contribution in [0.4, 0.5) is 5.69 Å². The van der Waals surface area contributed by atoms with Gasteiger partial charge in [-0.2, -0.15) is 0 Å². The predicted octanol–water partition coefficient (Wildman–Crippen LogP) is 3.92. The van der Waals surface area contributed by atoms with Crippen molar-refractivity contribution in [3.8, 4) is 5.75 Å². The normalized spacial score (nSPS) is 15.8. The lowest BCUT2D eigenvalue weighted by molar-refractivity contribution is -0.113. The average Bonchev–Trinajstić information content (AvgIpc) is 2.83. The Morgan fingerprint density at radius 3 is 2.54 bits per heavy atom. The first-order valence-corrected chi connectivity index (χ1v) is 8.05. The van der Waals surface area contributed by atoms with Crippen LogP contribution in [0.3, 0.4) is 0 Å². The first kappa shape index (κ1) is 16.5. The number of amides is 1. The molecule has 1 fully saturated rings. The fourth-order valence-electron chi connectivity index (χ4n) is 2.49. The van der Waals surface area contributed by atoms with Crippen LogP contribution in [0.2, 0.25) is 5.02 Å². The lowest BCUT2D eigenvalue weighted by atomic mass is 10.1. The van der Waals surface area contributed by atoms with E-state index in [-0.39, 0.29) is 5.91 Å². The summed E-state index contributed by atoms with van der Waals surface area (Å²) in [4.78, 5) is 14.2. The predicted molar refractivity (Wildman–Crippen MR) is 100 cm³/mol. The van der Waals surface area contributed by atoms with Crippen molar-refractivity contribution in [2.45, 2.75) is 6.92 Å². The van der Waals surface area contributed by atoms with Gasteiger partial charge in [0.25, 0.3) is 5.91 Å². The number of hydrogen-bond acceptors (Lipinski definition) is 3. The Morgan fingerprint density at radius 1 is 1.21 bits per heavy atom. The van der Waals surface area contributed by atoms with E-state index in [0.717, 1.165) is 22.6 Å². The molecule has 4 nitrogen and oxygen atoms in total. The van der Waals surface area contributed by atoms with E-state index >= 15 is 0 Å². The van der Waals surface area contributed by atoms with Crippen molar-refractivity contribution in [1.82, 2.24) is 5.32 Å². The Bertz CT molecular complexity index is 847. The van der Waals surface area contributed by atoms with Gasteiger partial charge in [-0.3, -0.25) is 9.69 Å². The molecule has 1 N–H and O–H groups in total. The molecule has 0 bridgehead atoms. The second-order valence-electron chi connectivity index (χ2n) is 5.33. The highest BCUT2D eigenvalue weighted by atomic mass is 35.5. The van der Waals surface area contributed by atoms with Crippen LogP contribution < -0.4 is 15.0 Å². The maximum Gasteiger partial charge on any atom is 0.281 e. The van der Waals surface area contributed by atoms with Crippen LogP contribution in [0.1, 0.15) is 11.1 Å². The first-order chi connectivity index (χ1) is 11.5. The van der Waals surface area contributed by atoms with Crippen molar-refractivity contribution in [3.63, 3.8) is 0 Å². The lowest BCUT2D eigenvalue weighted by Gasteiger charge is -2.16. The Labute approximate surface area is 150 Å². The molecule has 0 unspecified atom stereocenters. The summed E-state index contributed by atoms with van der Waals surface area (Å²) in [6, 6.07) is 12.8. The van der Waals surface area contributed by atoms with Gasteiger partial charge in [-0.1, -0.05) is 23.7 Å². The number of anilines is 1. The maximum absolute atomic E-state index is 12.7. The Balaban J connectivity index is 1.92. The van der Waals surface area contributed by atoms with Crippen LogP contribution in [0, 0.1) is 6.92 Å². The second-order valence-corrected chi connectivity index (χ2v) is 6.16. The van der Waals surface area contributed by atoms with Crippen molar-refractivity contribution in [1.29, 1.82) is 0 Å². The van der Waals surface area contributed by atoms with Crippen LogP contribution in [0.25, 0.3) is 6.08 Å². The molecule has 0 atom stereocenters. The summed E-state index contributed by atoms with van der Waals surface area (Å²) in [5, 5.41) is 3.95. The molecule has 2 aromatic carbocycles. The van der Waals surface area contributed by atoms with E-state index in [4.69, 9.17) is 28.6 Å². The molecule has 1 aliphatic heterocycles. The number of aryl methyl sites for hydroxylation is 1. The standard InChI is InChI=1S/C18H15ClN2O2S/c1-11-9-13(19)5-8-16(11)21-17(22)15(20-18(21)24)10-12-3-6-14(23-2)7-4-12/h3-10H,1-2H3,(H,20,24)/b15-10-. The van der Waals surface area contributed by atoms with Crippen molar-refractivity contribution in [2.75, 3.05) is 12.0 Å². The summed E-state index contributed by atoms with van der Waals surface area (Å²) in [5.74, 6) is 0.568. The van der Waals surface area contributed by atoms with E-state index in [2.05, 4.69) is 5.32 Å². The fourth-order valence-corrected chi connectivity index (χ4v) is 3.01. The molecule has 1 heterocycles. The van der Waals surface area contributed by atoms with Gasteiger partial charge in [0.2, 0.25) is 0 Å². The number of benzene rings is 2. The molecule has 24 heavy (non-hydrogen) atoms. The van der Waals surface area contributed by atoms with Crippen LogP contribution in [0.15, 0.2) is 48.2 Å². The molecule has 0 aromatic heterocycles. The zero-order valence-corrected chi connectivity index (χ0v) is 14.7. The van der Waals surface area contributed by atoms with Crippen molar-refractivity contribution < 1.29 is 9.53 Å². The summed E-state index contributed by atoms with van der Waals surface area (Å²) in [5.41, 5.74) is 2.91. The molecule has 0 saturated carbocycles. The highest BCUT2D eigenvalue weighted by Gasteiger charge is 2.32. The molecule has 2 aromatic rings. The number of carbonyl (C=O) groups is 1. The minimum Gasteiger partial charge on any atom is -0.497 e. The number of halogens is 1. The van der Waals surface area contributed by atoms with E-state index in [1.54, 1.807) is 31.4 Å². The molecular weight excluding hydrogens is 344 g/mol. The molecule has 1 amide bonds. The van der Waals surface area contributed by atoms with E-state index in [0.29, 0.717) is 15.8 Å². The van der Waals surface area contributed by atoms with Gasteiger partial charge in [-0.25, -0.2) is 0 Å². The van der Waals surface area contributed by atoms with E-state index in [1.807, 2.05) is 31.2 Å². The number of ether oxygens (including phenoxy) is 1. The van der Waals surface area contributed by atoms with Crippen LogP contribution in [-0.4, -0.2) is 18.1 Å². The fraction of sp³-hybridized carbons (Fsp3) is 0.111. The minimum atomic E-state index is -0.193. The summed E-state index contributed by atoms with van der Waals surface area (Å²) in [7, 11) is 1.61. The minimum absolute atomic E-state index is 0.193. The highest BCUT2D eigenvalue weighted by Crippen LogP contribution is 2.28. The molecule has 122 valence electrons. The zero-order valence-electron chi connectivity index (χ0n) is 13.2. The monoisotopic (exact) mass is 358 g/mol. The van der Waals surface area contributed by atoms with Gasteiger partial charge >= 0.3 is 0 Å². The molecule has 0 aliphatic carbocycles. The third-order valence-corrected chi connectivity index (χ3v) is 4.22. The molecule has 0 spiro atoms. The number of rotatable bonds is 3. The topological polar surface area (TPSA) is 41.6 Å². The third kappa shape index (κ3) is 3.13. The molecule has 3 rings (SSSR count). The molecule has 0 radical (unpaired) electrons. The second kappa shape index (κ2) is 6.63. The maximum atomic E-state index is 12.7. The molecule has 1 saturated heterocycles. The zero-order chi connectivity index (χ0) is 17.3. The number of hydrogen-bond donors (Lipinski definition) is 1. The SMILES string of the molecule is COc1ccc(/C=C2\NC(=S)N(c3ccc(Cl)cc3C)C2=O)cc1. The van der Waals surface area contributed by atoms with Crippen LogP contribution in [0.5, 0.6) is 5.75 Å². The molecular formula is C18H15ClN2O2S. The number of thiocarbonyl (C=S) groups is 1. The summed E-state index contributed by atoms with van der Waals surface area (Å²) in [6.07, 6.45) is 1.76. The van der Waals surface area contributed by atoms with Gasteiger partial charge in [0.15, 0.2) is 5.11 Å². The van der Waals surface area contributed by atoms with Gasteiger partial charge < -0.3 is 10.1 Å². The number of nitrogens with one attached hydrogen (secondary N) is 1. The summed E-state index contributed by atoms with van der Waals surface area (Å²) in [6.45, 7) is 1.89. The van der Waals surface area contributed by atoms with Crippen molar-refractivity contribution in [3.05, 3.63) is 64.3 Å². The van der Waals surface area contributed by atoms with Gasteiger partial charge in [0, 0.05) is 5.02 Å². The highest BCUT2D eigenvalue weighted by molar-refractivity contribution is 7.80. The lowest BCUT2D eigenvalue weighted by Crippen LogP contribution is -2.30. The Kier molecular flexibility index (Phi) is 4.55. The van der Waals surface area contributed by atoms with Crippen molar-refractivity contribution >= 4 is 46.6 Å². The van der Waals surface area contributed by atoms with E-state index in [9.17, 15) is 4.79 Å². The summed E-state index contributed by atoms with van der Waals surface area (Å²) >= 11 is 11.3. The number of carbonyl (C=O) groups excluding carboxylic acids is 1. The largest absolute Gasteiger partial charge is 0.497 e. The quantitative estimate of drug-likeness (QED) is 0.667. The number of methoxy groups -OCH3 is 1. The molecule has 6 heteroatoms. The van der Waals surface area contributed by atoms with E-state index < -0.39 is 0 Å². The van der Waals surface area contributed by atoms with Crippen LogP contribution in [-0.2, 0) is 4.79 Å². The first-order valence-electron chi connectivity index (χ1n) is 7.27. The third-order valence-electron chi connectivity index (χ3n) is 3.70. The van der Waals surface area contributed by atoms with Gasteiger partial charge in [-0.05, 0) is 66.7 Å². The smallest absolute Gasteiger partial charge is 0.281 e. The van der Waals surface area contributed by atoms with Crippen LogP contribution >= 0.6 is 23.8 Å². The van der Waals surface area contributed by atoms with Gasteiger partial charge in [0.1, 0.15) is 11.4 Å². The molecule has 1 aliphatic rings.